The van der Waals surface area contributed by atoms with Gasteiger partial charge in [-0.3, -0.25) is 4.90 Å². The number of nitriles is 1. The molecular weight excluding hydrogens is 440 g/mol. The lowest BCUT2D eigenvalue weighted by molar-refractivity contribution is -0.00480. The van der Waals surface area contributed by atoms with E-state index < -0.39 is 6.23 Å². The maximum atomic E-state index is 10.5. The Hall–Kier alpha value is -3.93. The van der Waals surface area contributed by atoms with Crippen molar-refractivity contribution in [1.29, 1.82) is 5.26 Å². The summed E-state index contributed by atoms with van der Waals surface area (Å²) in [5, 5.41) is 20.3. The quantitative estimate of drug-likeness (QED) is 0.411. The number of rotatable bonds is 7. The number of para-hydroxylation sites is 1. The fourth-order valence-corrected chi connectivity index (χ4v) is 5.06. The normalized spacial score (nSPS) is 16.9. The maximum absolute atomic E-state index is 10.5. The van der Waals surface area contributed by atoms with Gasteiger partial charge in [-0.15, -0.1) is 0 Å². The number of ether oxygens (including phenoxy) is 1. The molecule has 0 saturated carbocycles. The number of aliphatic hydroxyl groups is 1. The standard InChI is InChI=1S/C27H28N6O2/c1-18-24(19-9-11-22(12-10-19)35-21-7-3-2-4-8-21)25-26(29)30-17-31-27(25)33(18)16-20-6-5-15-32(20)23(34)13-14-28/h2-4,7-12,17,20,23,34H,5-6,13,15-16H2,1H3,(H2,29,30,31)/t20?,23-/m0/s1. The molecule has 0 bridgehead atoms. The van der Waals surface area contributed by atoms with E-state index in [0.717, 1.165) is 58.7 Å². The number of aliphatic hydroxyl groups excluding tert-OH is 1. The highest BCUT2D eigenvalue weighted by atomic mass is 16.5. The first-order valence-corrected chi connectivity index (χ1v) is 11.8. The van der Waals surface area contributed by atoms with Crippen LogP contribution in [0.4, 0.5) is 5.82 Å². The minimum absolute atomic E-state index is 0.0969. The van der Waals surface area contributed by atoms with Gasteiger partial charge in [0.05, 0.1) is 17.9 Å². The van der Waals surface area contributed by atoms with Crippen LogP contribution in [0.3, 0.4) is 0 Å². The number of aromatic nitrogens is 3. The van der Waals surface area contributed by atoms with E-state index in [9.17, 15) is 5.11 Å². The molecule has 1 fully saturated rings. The molecule has 0 spiro atoms. The number of hydrogen-bond acceptors (Lipinski definition) is 7. The van der Waals surface area contributed by atoms with Crippen molar-refractivity contribution in [2.75, 3.05) is 12.3 Å². The number of nitrogens with two attached hydrogens (primary N) is 1. The number of anilines is 1. The van der Waals surface area contributed by atoms with Gasteiger partial charge in [-0.25, -0.2) is 9.97 Å². The van der Waals surface area contributed by atoms with Crippen molar-refractivity contribution in [2.24, 2.45) is 0 Å². The second kappa shape index (κ2) is 9.74. The van der Waals surface area contributed by atoms with Gasteiger partial charge >= 0.3 is 0 Å². The Bertz CT molecular complexity index is 1360. The summed E-state index contributed by atoms with van der Waals surface area (Å²) in [4.78, 5) is 10.9. The Morgan fingerprint density at radius 3 is 2.63 bits per heavy atom. The molecule has 2 atom stereocenters. The molecule has 0 aliphatic carbocycles. The largest absolute Gasteiger partial charge is 0.457 e. The maximum Gasteiger partial charge on any atom is 0.146 e. The van der Waals surface area contributed by atoms with E-state index >= 15 is 0 Å². The van der Waals surface area contributed by atoms with Gasteiger partial charge in [-0.05, 0) is 49.6 Å². The summed E-state index contributed by atoms with van der Waals surface area (Å²) in [7, 11) is 0. The van der Waals surface area contributed by atoms with Crippen LogP contribution in [-0.2, 0) is 6.54 Å². The van der Waals surface area contributed by atoms with E-state index in [-0.39, 0.29) is 12.5 Å². The average Bonchev–Trinajstić information content (AvgIpc) is 3.44. The van der Waals surface area contributed by atoms with Gasteiger partial charge in [0.25, 0.3) is 0 Å². The molecule has 3 N–H and O–H groups in total. The van der Waals surface area contributed by atoms with E-state index in [4.69, 9.17) is 15.7 Å². The average molecular weight is 469 g/mol. The van der Waals surface area contributed by atoms with Gasteiger partial charge in [0.1, 0.15) is 35.5 Å². The van der Waals surface area contributed by atoms with Crippen molar-refractivity contribution in [2.45, 2.75) is 45.0 Å². The van der Waals surface area contributed by atoms with Gasteiger partial charge in [-0.2, -0.15) is 5.26 Å². The van der Waals surface area contributed by atoms with Crippen molar-refractivity contribution in [1.82, 2.24) is 19.4 Å². The van der Waals surface area contributed by atoms with Gasteiger partial charge in [0, 0.05) is 30.4 Å². The van der Waals surface area contributed by atoms with Crippen molar-refractivity contribution in [3.05, 3.63) is 66.6 Å². The number of likely N-dealkylation sites (tertiary alicyclic amines) is 1. The van der Waals surface area contributed by atoms with Gasteiger partial charge in [0.15, 0.2) is 0 Å². The zero-order chi connectivity index (χ0) is 24.4. The summed E-state index contributed by atoms with van der Waals surface area (Å²) in [5.74, 6) is 1.97. The number of hydrogen-bond donors (Lipinski definition) is 2. The first kappa shape index (κ1) is 22.8. The molecule has 35 heavy (non-hydrogen) atoms. The van der Waals surface area contributed by atoms with Crippen LogP contribution in [0.15, 0.2) is 60.9 Å². The summed E-state index contributed by atoms with van der Waals surface area (Å²) < 4.78 is 8.12. The van der Waals surface area contributed by atoms with E-state index in [0.29, 0.717) is 12.4 Å². The van der Waals surface area contributed by atoms with Crippen molar-refractivity contribution < 1.29 is 9.84 Å². The smallest absolute Gasteiger partial charge is 0.146 e. The van der Waals surface area contributed by atoms with E-state index in [1.807, 2.05) is 59.5 Å². The van der Waals surface area contributed by atoms with Crippen LogP contribution in [0, 0.1) is 18.3 Å². The second-order valence-electron chi connectivity index (χ2n) is 8.84. The highest BCUT2D eigenvalue weighted by molar-refractivity contribution is 6.02. The Kier molecular flexibility index (Phi) is 6.36. The van der Waals surface area contributed by atoms with Gasteiger partial charge in [-0.1, -0.05) is 30.3 Å². The number of benzene rings is 2. The molecule has 1 aliphatic heterocycles. The summed E-state index contributed by atoms with van der Waals surface area (Å²) >= 11 is 0. The van der Waals surface area contributed by atoms with Crippen molar-refractivity contribution >= 4 is 16.9 Å². The van der Waals surface area contributed by atoms with Crippen LogP contribution in [0.1, 0.15) is 25.0 Å². The van der Waals surface area contributed by atoms with Crippen molar-refractivity contribution in [3.63, 3.8) is 0 Å². The minimum atomic E-state index is -0.758. The topological polar surface area (TPSA) is 113 Å². The fourth-order valence-electron chi connectivity index (χ4n) is 5.06. The highest BCUT2D eigenvalue weighted by Gasteiger charge is 2.31. The molecular formula is C27H28N6O2. The van der Waals surface area contributed by atoms with E-state index in [1.54, 1.807) is 0 Å². The van der Waals surface area contributed by atoms with Crippen LogP contribution in [0.2, 0.25) is 0 Å². The number of nitrogens with zero attached hydrogens (tertiary/aromatic N) is 5. The van der Waals surface area contributed by atoms with Crippen LogP contribution >= 0.6 is 0 Å². The lowest BCUT2D eigenvalue weighted by Crippen LogP contribution is -2.41. The molecule has 1 aliphatic rings. The first-order valence-electron chi connectivity index (χ1n) is 11.8. The fraction of sp³-hybridized carbons (Fsp3) is 0.296. The molecule has 1 saturated heterocycles. The zero-order valence-corrected chi connectivity index (χ0v) is 19.6. The molecule has 5 rings (SSSR count). The van der Waals surface area contributed by atoms with Crippen LogP contribution in [0.25, 0.3) is 22.2 Å². The molecule has 2 aromatic carbocycles. The third-order valence-electron chi connectivity index (χ3n) is 6.72. The third kappa shape index (κ3) is 4.44. The Labute approximate surface area is 204 Å². The molecule has 178 valence electrons. The molecule has 8 nitrogen and oxygen atoms in total. The SMILES string of the molecule is Cc1c(-c2ccc(Oc3ccccc3)cc2)c2c(N)ncnc2n1CC1CCCN1[C@@H](O)CC#N. The Morgan fingerprint density at radius 2 is 1.89 bits per heavy atom. The van der Waals surface area contributed by atoms with Crippen LogP contribution in [-0.4, -0.2) is 43.4 Å². The minimum Gasteiger partial charge on any atom is -0.457 e. The monoisotopic (exact) mass is 468 g/mol. The summed E-state index contributed by atoms with van der Waals surface area (Å²) in [6, 6.07) is 19.8. The van der Waals surface area contributed by atoms with E-state index in [2.05, 4.69) is 27.5 Å². The Morgan fingerprint density at radius 1 is 1.14 bits per heavy atom. The van der Waals surface area contributed by atoms with Crippen LogP contribution in [0.5, 0.6) is 11.5 Å². The van der Waals surface area contributed by atoms with Gasteiger partial charge < -0.3 is 20.1 Å². The second-order valence-corrected chi connectivity index (χ2v) is 8.84. The summed E-state index contributed by atoms with van der Waals surface area (Å²) in [6.45, 7) is 3.49. The lowest BCUT2D eigenvalue weighted by Gasteiger charge is -2.29. The first-order chi connectivity index (χ1) is 17.1. The molecule has 8 heteroatoms. The zero-order valence-electron chi connectivity index (χ0n) is 19.6. The predicted octanol–water partition coefficient (Wildman–Crippen LogP) is 4.48. The Balaban J connectivity index is 1.50. The summed E-state index contributed by atoms with van der Waals surface area (Å²) in [6.07, 6.45) is 2.76. The number of fused-ring (bicyclic) bond motifs is 1. The summed E-state index contributed by atoms with van der Waals surface area (Å²) in [5.41, 5.74) is 10.2. The van der Waals surface area contributed by atoms with E-state index in [1.165, 1.54) is 6.33 Å². The molecule has 3 heterocycles. The highest BCUT2D eigenvalue weighted by Crippen LogP contribution is 2.38. The molecule has 0 radical (unpaired) electrons. The lowest BCUT2D eigenvalue weighted by atomic mass is 10.0. The molecule has 0 amide bonds. The van der Waals surface area contributed by atoms with Crippen molar-refractivity contribution in [3.8, 4) is 28.7 Å². The molecule has 1 unspecified atom stereocenters. The van der Waals surface area contributed by atoms with Crippen LogP contribution < -0.4 is 10.5 Å². The predicted molar refractivity (Wildman–Crippen MR) is 135 cm³/mol. The molecule has 4 aromatic rings. The number of nitrogen functional groups attached to an aromatic ring is 1. The van der Waals surface area contributed by atoms with Gasteiger partial charge in [0.2, 0.25) is 0 Å². The third-order valence-corrected chi connectivity index (χ3v) is 6.72. The molecule has 2 aromatic heterocycles.